The molecule has 2 N–H and O–H groups in total. The van der Waals surface area contributed by atoms with Gasteiger partial charge in [-0.15, -0.1) is 0 Å². The molecule has 0 aromatic rings. The molecule has 0 bridgehead atoms. The molecule has 5 nitrogen and oxygen atoms in total. The normalized spacial score (nSPS) is 11.7. The molecule has 0 saturated heterocycles. The molecule has 0 aliphatic rings. The Morgan fingerprint density at radius 1 is 1.35 bits per heavy atom. The molecule has 0 saturated carbocycles. The zero-order valence-electron chi connectivity index (χ0n) is 12.0. The highest BCUT2D eigenvalue weighted by Gasteiger charge is 2.14. The first-order valence-corrected chi connectivity index (χ1v) is 9.75. The van der Waals surface area contributed by atoms with Crippen LogP contribution in [0.5, 0.6) is 0 Å². The summed E-state index contributed by atoms with van der Waals surface area (Å²) in [7, 11) is 0.708. The third kappa shape index (κ3) is 9.14. The minimum Gasteiger partial charge on any atom is -0.462 e. The van der Waals surface area contributed by atoms with Crippen LogP contribution < -0.4 is 5.43 Å². The summed E-state index contributed by atoms with van der Waals surface area (Å²) in [6.45, 7) is 11.8. The molecule has 0 rings (SSSR count). The number of hydrogen-bond acceptors (Lipinski definition) is 4. The zero-order chi connectivity index (χ0) is 13.5. The van der Waals surface area contributed by atoms with Crippen molar-refractivity contribution in [3.63, 3.8) is 0 Å². The van der Waals surface area contributed by atoms with E-state index in [2.05, 4.69) is 25.1 Å². The van der Waals surface area contributed by atoms with Gasteiger partial charge in [-0.25, -0.2) is 10.4 Å². The highest BCUT2D eigenvalue weighted by atomic mass is 28.3. The van der Waals surface area contributed by atoms with Crippen molar-refractivity contribution in [3.8, 4) is 0 Å². The molecule has 0 unspecified atom stereocenters. The molecule has 0 aliphatic heterocycles. The standard InChI is InChI=1S/C11H27N3O2Si/c1-10(2)16-11(12)14(13-3)9-15-7-8-17(4,5)6/h10,12-13H,7-9H2,1-6H3. The first-order valence-electron chi connectivity index (χ1n) is 6.04. The van der Waals surface area contributed by atoms with Crippen molar-refractivity contribution in [2.45, 2.75) is 45.6 Å². The van der Waals surface area contributed by atoms with Gasteiger partial charge in [0, 0.05) is 21.7 Å². The summed E-state index contributed by atoms with van der Waals surface area (Å²) in [6, 6.07) is 1.22. The van der Waals surface area contributed by atoms with Crippen LogP contribution in [0.15, 0.2) is 0 Å². The maximum Gasteiger partial charge on any atom is 0.301 e. The maximum absolute atomic E-state index is 7.70. The lowest BCUT2D eigenvalue weighted by Gasteiger charge is -2.25. The van der Waals surface area contributed by atoms with Gasteiger partial charge in [0.05, 0.1) is 6.10 Å². The Hall–Kier alpha value is -0.593. The predicted molar refractivity (Wildman–Crippen MR) is 73.8 cm³/mol. The van der Waals surface area contributed by atoms with Crippen LogP contribution in [0, 0.1) is 5.41 Å². The van der Waals surface area contributed by atoms with Crippen LogP contribution in [-0.2, 0) is 9.47 Å². The second kappa shape index (κ2) is 7.68. The fraction of sp³-hybridized carbons (Fsp3) is 0.909. The number of nitrogens with zero attached hydrogens (tertiary/aromatic N) is 1. The second-order valence-electron chi connectivity index (χ2n) is 5.47. The van der Waals surface area contributed by atoms with Gasteiger partial charge in [-0.05, 0) is 19.9 Å². The molecular formula is C11H27N3O2Si. The van der Waals surface area contributed by atoms with Gasteiger partial charge in [-0.3, -0.25) is 5.41 Å². The monoisotopic (exact) mass is 261 g/mol. The van der Waals surface area contributed by atoms with E-state index < -0.39 is 8.07 Å². The van der Waals surface area contributed by atoms with Gasteiger partial charge in [0.1, 0.15) is 6.73 Å². The fourth-order valence-electron chi connectivity index (χ4n) is 1.05. The first kappa shape index (κ1) is 16.4. The summed E-state index contributed by atoms with van der Waals surface area (Å²) in [4.78, 5) is 0. The highest BCUT2D eigenvalue weighted by Crippen LogP contribution is 2.07. The number of hydrazine groups is 1. The molecule has 0 fully saturated rings. The number of rotatable bonds is 7. The largest absolute Gasteiger partial charge is 0.462 e. The van der Waals surface area contributed by atoms with Gasteiger partial charge in [0.25, 0.3) is 0 Å². The van der Waals surface area contributed by atoms with Crippen molar-refractivity contribution < 1.29 is 9.47 Å². The topological polar surface area (TPSA) is 57.6 Å². The first-order chi connectivity index (χ1) is 7.76. The summed E-state index contributed by atoms with van der Waals surface area (Å²) in [5, 5.41) is 9.25. The van der Waals surface area contributed by atoms with Gasteiger partial charge in [-0.2, -0.15) is 0 Å². The van der Waals surface area contributed by atoms with E-state index in [0.29, 0.717) is 6.73 Å². The van der Waals surface area contributed by atoms with E-state index in [9.17, 15) is 0 Å². The van der Waals surface area contributed by atoms with Gasteiger partial charge < -0.3 is 9.47 Å². The van der Waals surface area contributed by atoms with Crippen molar-refractivity contribution in [1.29, 1.82) is 5.41 Å². The van der Waals surface area contributed by atoms with E-state index in [1.807, 2.05) is 13.8 Å². The van der Waals surface area contributed by atoms with Crippen LogP contribution in [0.2, 0.25) is 25.7 Å². The van der Waals surface area contributed by atoms with Crippen molar-refractivity contribution in [2.24, 2.45) is 0 Å². The molecule has 0 spiro atoms. The van der Waals surface area contributed by atoms with E-state index in [1.165, 1.54) is 0 Å². The molecule has 0 amide bonds. The Bertz CT molecular complexity index is 229. The van der Waals surface area contributed by atoms with Crippen LogP contribution in [0.25, 0.3) is 0 Å². The second-order valence-corrected chi connectivity index (χ2v) is 11.1. The molecular weight excluding hydrogens is 234 g/mol. The number of nitrogens with one attached hydrogen (secondary N) is 2. The van der Waals surface area contributed by atoms with Crippen LogP contribution in [-0.4, -0.2) is 45.6 Å². The quantitative estimate of drug-likeness (QED) is 0.184. The summed E-state index contributed by atoms with van der Waals surface area (Å²) < 4.78 is 10.8. The third-order valence-corrected chi connectivity index (χ3v) is 3.78. The van der Waals surface area contributed by atoms with E-state index in [1.54, 1.807) is 12.1 Å². The molecule has 0 heterocycles. The molecule has 0 atom stereocenters. The van der Waals surface area contributed by atoms with E-state index >= 15 is 0 Å². The lowest BCUT2D eigenvalue weighted by molar-refractivity contribution is 0.0297. The Balaban J connectivity index is 3.86. The molecule has 0 aromatic carbocycles. The molecule has 0 radical (unpaired) electrons. The maximum atomic E-state index is 7.70. The van der Waals surface area contributed by atoms with Gasteiger partial charge >= 0.3 is 6.02 Å². The van der Waals surface area contributed by atoms with Crippen molar-refractivity contribution in [2.75, 3.05) is 20.4 Å². The average Bonchev–Trinajstić information content (AvgIpc) is 2.14. The Morgan fingerprint density at radius 3 is 2.35 bits per heavy atom. The van der Waals surface area contributed by atoms with Crippen molar-refractivity contribution >= 4 is 14.1 Å². The van der Waals surface area contributed by atoms with Crippen LogP contribution in [0.4, 0.5) is 0 Å². The Morgan fingerprint density at radius 2 is 1.94 bits per heavy atom. The Labute approximate surface area is 106 Å². The SMILES string of the molecule is CNN(COCC[Si](C)(C)C)C(=N)OC(C)C. The van der Waals surface area contributed by atoms with Crippen molar-refractivity contribution in [1.82, 2.24) is 10.4 Å². The lowest BCUT2D eigenvalue weighted by atomic mass is 10.5. The Kier molecular flexibility index (Phi) is 7.41. The van der Waals surface area contributed by atoms with Gasteiger partial charge in [-0.1, -0.05) is 19.6 Å². The van der Waals surface area contributed by atoms with Gasteiger partial charge in [0.15, 0.2) is 0 Å². The van der Waals surface area contributed by atoms with E-state index in [-0.39, 0.29) is 12.1 Å². The number of hydrogen-bond donors (Lipinski definition) is 2. The third-order valence-electron chi connectivity index (χ3n) is 2.08. The number of amidine groups is 1. The molecule has 102 valence electrons. The summed E-state index contributed by atoms with van der Waals surface area (Å²) in [6.07, 6.45) is 0.000308. The molecule has 17 heavy (non-hydrogen) atoms. The fourth-order valence-corrected chi connectivity index (χ4v) is 1.80. The summed E-state index contributed by atoms with van der Waals surface area (Å²) >= 11 is 0. The van der Waals surface area contributed by atoms with E-state index in [0.717, 1.165) is 12.7 Å². The average molecular weight is 261 g/mol. The van der Waals surface area contributed by atoms with Gasteiger partial charge in [0.2, 0.25) is 0 Å². The summed E-state index contributed by atoms with van der Waals surface area (Å²) in [5.74, 6) is 0. The molecule has 6 heteroatoms. The van der Waals surface area contributed by atoms with Crippen LogP contribution in [0.1, 0.15) is 13.8 Å². The minimum absolute atomic E-state index is 0.000308. The van der Waals surface area contributed by atoms with E-state index in [4.69, 9.17) is 14.9 Å². The molecule has 0 aromatic heterocycles. The minimum atomic E-state index is -1.04. The molecule has 0 aliphatic carbocycles. The lowest BCUT2D eigenvalue weighted by Crippen LogP contribution is -2.44. The van der Waals surface area contributed by atoms with Crippen LogP contribution >= 0.6 is 0 Å². The van der Waals surface area contributed by atoms with Crippen molar-refractivity contribution in [3.05, 3.63) is 0 Å². The number of ether oxygens (including phenoxy) is 2. The summed E-state index contributed by atoms with van der Waals surface area (Å²) in [5.41, 5.74) is 2.87. The van der Waals surface area contributed by atoms with Crippen LogP contribution in [0.3, 0.4) is 0 Å². The smallest absolute Gasteiger partial charge is 0.301 e. The highest BCUT2D eigenvalue weighted by molar-refractivity contribution is 6.76. The zero-order valence-corrected chi connectivity index (χ0v) is 13.0. The predicted octanol–water partition coefficient (Wildman–Crippen LogP) is 2.09.